The highest BCUT2D eigenvalue weighted by Crippen LogP contribution is 2.34. The molecule has 1 aliphatic rings. The second-order valence-corrected chi connectivity index (χ2v) is 10.8. The number of likely N-dealkylation sites (N-methyl/N-ethyl adjacent to an activating group) is 2. The van der Waals surface area contributed by atoms with Gasteiger partial charge in [-0.3, -0.25) is 0 Å². The molecule has 0 N–H and O–H groups in total. The lowest BCUT2D eigenvalue weighted by Crippen LogP contribution is -2.44. The molecule has 9 heteroatoms. The van der Waals surface area contributed by atoms with E-state index in [-0.39, 0.29) is 4.90 Å². The number of ether oxygens (including phenoxy) is 2. The summed E-state index contributed by atoms with van der Waals surface area (Å²) in [4.78, 5) is 6.79. The summed E-state index contributed by atoms with van der Waals surface area (Å²) in [7, 11) is 5.51. The Morgan fingerprint density at radius 2 is 1.71 bits per heavy atom. The normalized spacial score (nSPS) is 15.3. The molecule has 8 nitrogen and oxygen atoms in total. The van der Waals surface area contributed by atoms with Gasteiger partial charge in [-0.05, 0) is 69.5 Å². The Hall–Kier alpha value is -2.75. The van der Waals surface area contributed by atoms with Crippen LogP contribution in [-0.4, -0.2) is 90.3 Å². The monoisotopic (exact) mass is 486 g/mol. The average Bonchev–Trinajstić information content (AvgIpc) is 3.21. The standard InChI is InChI=1S/C25H34N4O4S/c1-26(2)11-10-19-18-29(23-8-6-20(32-4)16-22(19)23)34(30,31)21-7-9-25(33-5)24(17-21)28-14-12-27(3)13-15-28/h6-9,16-18H,10-15H2,1-5H3. The molecule has 0 bridgehead atoms. The molecule has 0 radical (unpaired) electrons. The molecule has 2 aromatic carbocycles. The van der Waals surface area contributed by atoms with Crippen molar-refractivity contribution in [2.45, 2.75) is 11.3 Å². The topological polar surface area (TPSA) is 67.2 Å². The molecule has 0 amide bonds. The van der Waals surface area contributed by atoms with Crippen LogP contribution in [0.3, 0.4) is 0 Å². The van der Waals surface area contributed by atoms with Crippen LogP contribution in [0.1, 0.15) is 5.56 Å². The van der Waals surface area contributed by atoms with Crippen molar-refractivity contribution in [3.05, 3.63) is 48.2 Å². The molecule has 0 aliphatic carbocycles. The van der Waals surface area contributed by atoms with Crippen molar-refractivity contribution in [1.82, 2.24) is 13.8 Å². The first-order chi connectivity index (χ1) is 16.2. The fourth-order valence-electron chi connectivity index (χ4n) is 4.35. The van der Waals surface area contributed by atoms with E-state index in [4.69, 9.17) is 9.47 Å². The third-order valence-corrected chi connectivity index (χ3v) is 8.11. The lowest BCUT2D eigenvalue weighted by atomic mass is 10.1. The van der Waals surface area contributed by atoms with Gasteiger partial charge in [0, 0.05) is 44.3 Å². The van der Waals surface area contributed by atoms with Crippen LogP contribution >= 0.6 is 0 Å². The van der Waals surface area contributed by atoms with Crippen molar-refractivity contribution in [3.63, 3.8) is 0 Å². The van der Waals surface area contributed by atoms with Gasteiger partial charge in [0.1, 0.15) is 11.5 Å². The van der Waals surface area contributed by atoms with Gasteiger partial charge in [0.25, 0.3) is 10.0 Å². The van der Waals surface area contributed by atoms with Crippen molar-refractivity contribution in [1.29, 1.82) is 0 Å². The van der Waals surface area contributed by atoms with Crippen molar-refractivity contribution in [2.24, 2.45) is 0 Å². The molecule has 184 valence electrons. The van der Waals surface area contributed by atoms with E-state index in [0.29, 0.717) is 17.0 Å². The summed E-state index contributed by atoms with van der Waals surface area (Å²) in [5, 5.41) is 0.887. The molecule has 1 aromatic heterocycles. The van der Waals surface area contributed by atoms with E-state index in [0.717, 1.165) is 55.8 Å². The van der Waals surface area contributed by atoms with Crippen LogP contribution in [0.4, 0.5) is 5.69 Å². The number of methoxy groups -OCH3 is 2. The second-order valence-electron chi connectivity index (χ2n) is 9.02. The number of nitrogens with zero attached hydrogens (tertiary/aromatic N) is 4. The summed E-state index contributed by atoms with van der Waals surface area (Å²) in [5.74, 6) is 1.38. The average molecular weight is 487 g/mol. The molecule has 1 aliphatic heterocycles. The van der Waals surface area contributed by atoms with E-state index >= 15 is 0 Å². The number of rotatable bonds is 8. The summed E-state index contributed by atoms with van der Waals surface area (Å²) < 4.78 is 40.2. The summed E-state index contributed by atoms with van der Waals surface area (Å²) in [6, 6.07) is 10.7. The third kappa shape index (κ3) is 4.73. The van der Waals surface area contributed by atoms with Crippen LogP contribution in [0.15, 0.2) is 47.5 Å². The van der Waals surface area contributed by atoms with E-state index in [1.807, 2.05) is 26.2 Å². The Labute approximate surface area is 202 Å². The van der Waals surface area contributed by atoms with Crippen LogP contribution < -0.4 is 14.4 Å². The minimum absolute atomic E-state index is 0.245. The first-order valence-corrected chi connectivity index (χ1v) is 12.9. The van der Waals surface area contributed by atoms with Crippen LogP contribution in [0.5, 0.6) is 11.5 Å². The molecule has 0 saturated carbocycles. The van der Waals surface area contributed by atoms with Gasteiger partial charge in [0.05, 0.1) is 30.3 Å². The zero-order chi connectivity index (χ0) is 24.5. The Kier molecular flexibility index (Phi) is 7.06. The smallest absolute Gasteiger partial charge is 0.268 e. The Bertz CT molecular complexity index is 1260. The van der Waals surface area contributed by atoms with Gasteiger partial charge < -0.3 is 24.2 Å². The van der Waals surface area contributed by atoms with E-state index in [1.165, 1.54) is 3.97 Å². The van der Waals surface area contributed by atoms with E-state index in [2.05, 4.69) is 21.7 Å². The number of benzene rings is 2. The summed E-state index contributed by atoms with van der Waals surface area (Å²) in [6.45, 7) is 4.28. The Balaban J connectivity index is 1.80. The van der Waals surface area contributed by atoms with E-state index in [9.17, 15) is 8.42 Å². The molecule has 3 aromatic rings. The van der Waals surface area contributed by atoms with Gasteiger partial charge in [-0.2, -0.15) is 0 Å². The highest BCUT2D eigenvalue weighted by atomic mass is 32.2. The summed E-state index contributed by atoms with van der Waals surface area (Å²) in [5.41, 5.74) is 2.42. The second kappa shape index (κ2) is 9.85. The molecule has 1 fully saturated rings. The Morgan fingerprint density at radius 3 is 2.35 bits per heavy atom. The minimum Gasteiger partial charge on any atom is -0.497 e. The number of hydrogen-bond acceptors (Lipinski definition) is 7. The first-order valence-electron chi connectivity index (χ1n) is 11.4. The predicted molar refractivity (Wildman–Crippen MR) is 136 cm³/mol. The van der Waals surface area contributed by atoms with Gasteiger partial charge in [0.2, 0.25) is 0 Å². The highest BCUT2D eigenvalue weighted by molar-refractivity contribution is 7.90. The largest absolute Gasteiger partial charge is 0.497 e. The molecule has 0 unspecified atom stereocenters. The molecular formula is C25H34N4O4S. The fourth-order valence-corrected chi connectivity index (χ4v) is 5.76. The maximum atomic E-state index is 13.9. The van der Waals surface area contributed by atoms with Crippen LogP contribution in [-0.2, 0) is 16.4 Å². The van der Waals surface area contributed by atoms with Crippen LogP contribution in [0.2, 0.25) is 0 Å². The lowest BCUT2D eigenvalue weighted by Gasteiger charge is -2.34. The first kappa shape index (κ1) is 24.4. The van der Waals surface area contributed by atoms with Crippen molar-refractivity contribution in [3.8, 4) is 11.5 Å². The SMILES string of the molecule is COc1ccc2c(c1)c(CCN(C)C)cn2S(=O)(=O)c1ccc(OC)c(N2CCN(C)CC2)c1. The number of piperazine rings is 1. The Morgan fingerprint density at radius 1 is 0.971 bits per heavy atom. The summed E-state index contributed by atoms with van der Waals surface area (Å²) >= 11 is 0. The third-order valence-electron chi connectivity index (χ3n) is 6.44. The van der Waals surface area contributed by atoms with Gasteiger partial charge in [0.15, 0.2) is 0 Å². The molecule has 2 heterocycles. The van der Waals surface area contributed by atoms with Gasteiger partial charge in [-0.15, -0.1) is 0 Å². The minimum atomic E-state index is -3.83. The maximum absolute atomic E-state index is 13.9. The predicted octanol–water partition coefficient (Wildman–Crippen LogP) is 2.75. The molecule has 0 atom stereocenters. The summed E-state index contributed by atoms with van der Waals surface area (Å²) in [6.07, 6.45) is 2.48. The van der Waals surface area contributed by atoms with E-state index in [1.54, 1.807) is 44.7 Å². The zero-order valence-corrected chi connectivity index (χ0v) is 21.4. The maximum Gasteiger partial charge on any atom is 0.268 e. The number of aromatic nitrogens is 1. The molecule has 34 heavy (non-hydrogen) atoms. The van der Waals surface area contributed by atoms with Crippen molar-refractivity contribution in [2.75, 3.05) is 73.0 Å². The van der Waals surface area contributed by atoms with Crippen molar-refractivity contribution < 1.29 is 17.9 Å². The highest BCUT2D eigenvalue weighted by Gasteiger charge is 2.25. The van der Waals surface area contributed by atoms with E-state index < -0.39 is 10.0 Å². The molecule has 1 saturated heterocycles. The fraction of sp³-hybridized carbons (Fsp3) is 0.440. The zero-order valence-electron chi connectivity index (χ0n) is 20.6. The number of anilines is 1. The van der Waals surface area contributed by atoms with Crippen LogP contribution in [0, 0.1) is 0 Å². The number of fused-ring (bicyclic) bond motifs is 1. The lowest BCUT2D eigenvalue weighted by molar-refractivity contribution is 0.311. The van der Waals surface area contributed by atoms with Gasteiger partial charge in [-0.25, -0.2) is 12.4 Å². The number of hydrogen-bond donors (Lipinski definition) is 0. The van der Waals surface area contributed by atoms with Gasteiger partial charge >= 0.3 is 0 Å². The quantitative estimate of drug-likeness (QED) is 0.485. The molecule has 4 rings (SSSR count). The van der Waals surface area contributed by atoms with Gasteiger partial charge in [-0.1, -0.05) is 0 Å². The van der Waals surface area contributed by atoms with Crippen LogP contribution in [0.25, 0.3) is 10.9 Å². The molecular weight excluding hydrogens is 452 g/mol. The molecule has 0 spiro atoms. The van der Waals surface area contributed by atoms with Crippen molar-refractivity contribution >= 4 is 26.6 Å².